The average Bonchev–Trinajstić information content (AvgIpc) is 3.08. The predicted molar refractivity (Wildman–Crippen MR) is 97.1 cm³/mol. The Morgan fingerprint density at radius 3 is 1.96 bits per heavy atom. The van der Waals surface area contributed by atoms with Crippen LogP contribution in [-0.2, 0) is 22.9 Å². The largest absolute Gasteiger partial charge is 0.333 e. The number of hydrogen-bond donors (Lipinski definition) is 0. The van der Waals surface area contributed by atoms with Crippen LogP contribution in [0.4, 0.5) is 0 Å². The van der Waals surface area contributed by atoms with Gasteiger partial charge in [0.1, 0.15) is 0 Å². The molecule has 130 valence electrons. The minimum Gasteiger partial charge on any atom is -0.333 e. The quantitative estimate of drug-likeness (QED) is 0.682. The van der Waals surface area contributed by atoms with E-state index < -0.39 is 9.84 Å². The maximum atomic E-state index is 12.8. The molecule has 25 heavy (non-hydrogen) atoms. The molecule has 0 aliphatic heterocycles. The second-order valence-corrected chi connectivity index (χ2v) is 8.21. The number of imidazole rings is 1. The van der Waals surface area contributed by atoms with Gasteiger partial charge in [-0.2, -0.15) is 0 Å². The Morgan fingerprint density at radius 2 is 1.48 bits per heavy atom. The summed E-state index contributed by atoms with van der Waals surface area (Å²) in [6, 6.07) is 14.1. The fraction of sp³-hybridized carbons (Fsp3) is 0.211. The normalized spacial score (nSPS) is 11.8. The molecule has 0 fully saturated rings. The highest BCUT2D eigenvalue weighted by molar-refractivity contribution is 7.91. The van der Waals surface area contributed by atoms with Crippen LogP contribution in [0.5, 0.6) is 0 Å². The fourth-order valence-corrected chi connectivity index (χ4v) is 3.90. The summed E-state index contributed by atoms with van der Waals surface area (Å²) < 4.78 is 27.5. The Bertz CT molecular complexity index is 914. The van der Waals surface area contributed by atoms with Gasteiger partial charge in [-0.3, -0.25) is 0 Å². The zero-order valence-electron chi connectivity index (χ0n) is 14.3. The first kappa shape index (κ1) is 17.4. The van der Waals surface area contributed by atoms with Gasteiger partial charge >= 0.3 is 0 Å². The van der Waals surface area contributed by atoms with E-state index in [1.165, 1.54) is 0 Å². The van der Waals surface area contributed by atoms with Crippen LogP contribution in [0.15, 0.2) is 77.0 Å². The van der Waals surface area contributed by atoms with E-state index in [1.54, 1.807) is 36.8 Å². The predicted octanol–water partition coefficient (Wildman–Crippen LogP) is 2.83. The van der Waals surface area contributed by atoms with Gasteiger partial charge in [0.15, 0.2) is 0 Å². The topological polar surface area (TPSA) is 55.2 Å². The molecule has 0 atom stereocenters. The maximum absolute atomic E-state index is 12.8. The molecule has 1 heterocycles. The molecule has 0 aliphatic carbocycles. The lowest BCUT2D eigenvalue weighted by Crippen LogP contribution is -2.10. The summed E-state index contributed by atoms with van der Waals surface area (Å²) in [4.78, 5) is 6.67. The van der Waals surface area contributed by atoms with Gasteiger partial charge in [0.05, 0.1) is 16.1 Å². The molecule has 2 aromatic carbocycles. The van der Waals surface area contributed by atoms with E-state index in [1.807, 2.05) is 54.0 Å². The molecule has 0 aliphatic rings. The second-order valence-electron chi connectivity index (χ2n) is 6.26. The summed E-state index contributed by atoms with van der Waals surface area (Å²) in [5.74, 6) is 0. The first-order chi connectivity index (χ1) is 11.9. The molecule has 0 spiro atoms. The van der Waals surface area contributed by atoms with E-state index in [2.05, 4.69) is 4.98 Å². The van der Waals surface area contributed by atoms with Crippen LogP contribution in [0, 0.1) is 0 Å². The second kappa shape index (κ2) is 7.21. The zero-order valence-corrected chi connectivity index (χ0v) is 15.1. The summed E-state index contributed by atoms with van der Waals surface area (Å²) in [5, 5.41) is 0. The summed E-state index contributed by atoms with van der Waals surface area (Å²) in [5.41, 5.74) is 2.11. The summed E-state index contributed by atoms with van der Waals surface area (Å²) in [7, 11) is 0.469. The minimum atomic E-state index is -3.50. The molecule has 0 saturated heterocycles. The van der Waals surface area contributed by atoms with Crippen LogP contribution in [-0.4, -0.2) is 37.0 Å². The average molecular weight is 355 g/mol. The molecule has 0 unspecified atom stereocenters. The number of rotatable bonds is 6. The van der Waals surface area contributed by atoms with Crippen LogP contribution < -0.4 is 0 Å². The van der Waals surface area contributed by atoms with Gasteiger partial charge in [-0.05, 0) is 49.5 Å². The van der Waals surface area contributed by atoms with Crippen molar-refractivity contribution < 1.29 is 8.42 Å². The van der Waals surface area contributed by atoms with Crippen molar-refractivity contribution >= 4 is 9.84 Å². The SMILES string of the molecule is CN(C)Cc1ccc(S(=O)(=O)c2ccc(Cn3ccnc3)cc2)cc1. The van der Waals surface area contributed by atoms with Gasteiger partial charge in [-0.1, -0.05) is 24.3 Å². The smallest absolute Gasteiger partial charge is 0.206 e. The van der Waals surface area contributed by atoms with Crippen molar-refractivity contribution in [3.63, 3.8) is 0 Å². The number of sulfone groups is 1. The summed E-state index contributed by atoms with van der Waals surface area (Å²) in [6.45, 7) is 1.45. The Balaban J connectivity index is 1.79. The highest BCUT2D eigenvalue weighted by Crippen LogP contribution is 2.22. The summed E-state index contributed by atoms with van der Waals surface area (Å²) in [6.07, 6.45) is 5.33. The first-order valence-electron chi connectivity index (χ1n) is 7.98. The molecule has 5 nitrogen and oxygen atoms in total. The monoisotopic (exact) mass is 355 g/mol. The molecule has 3 rings (SSSR count). The maximum Gasteiger partial charge on any atom is 0.206 e. The molecule has 0 saturated carbocycles. The van der Waals surface area contributed by atoms with Crippen molar-refractivity contribution in [2.45, 2.75) is 22.9 Å². The number of hydrogen-bond acceptors (Lipinski definition) is 4. The van der Waals surface area contributed by atoms with Gasteiger partial charge < -0.3 is 9.47 Å². The molecular formula is C19H21N3O2S. The van der Waals surface area contributed by atoms with Crippen LogP contribution in [0.3, 0.4) is 0 Å². The van der Waals surface area contributed by atoms with Crippen LogP contribution >= 0.6 is 0 Å². The fourth-order valence-electron chi connectivity index (χ4n) is 2.64. The lowest BCUT2D eigenvalue weighted by molar-refractivity contribution is 0.402. The van der Waals surface area contributed by atoms with E-state index >= 15 is 0 Å². The van der Waals surface area contributed by atoms with Crippen molar-refractivity contribution in [1.29, 1.82) is 0 Å². The van der Waals surface area contributed by atoms with E-state index in [0.717, 1.165) is 17.7 Å². The Kier molecular flexibility index (Phi) is 5.01. The van der Waals surface area contributed by atoms with Gasteiger partial charge in [0.2, 0.25) is 9.84 Å². The summed E-state index contributed by atoms with van der Waals surface area (Å²) >= 11 is 0. The molecule has 6 heteroatoms. The molecule has 0 N–H and O–H groups in total. The van der Waals surface area contributed by atoms with Crippen molar-refractivity contribution in [2.24, 2.45) is 0 Å². The first-order valence-corrected chi connectivity index (χ1v) is 9.47. The molecular weight excluding hydrogens is 334 g/mol. The van der Waals surface area contributed by atoms with Gasteiger partial charge in [0.25, 0.3) is 0 Å². The standard InChI is InChI=1S/C19H21N3O2S/c1-21(2)13-16-3-7-18(8-4-16)25(23,24)19-9-5-17(6-10-19)14-22-12-11-20-15-22/h3-12,15H,13-14H2,1-2H3. The zero-order chi connectivity index (χ0) is 17.9. The molecule has 3 aromatic rings. The molecule has 0 bridgehead atoms. The number of nitrogens with zero attached hydrogens (tertiary/aromatic N) is 3. The highest BCUT2D eigenvalue weighted by atomic mass is 32.2. The van der Waals surface area contributed by atoms with Gasteiger partial charge in [-0.15, -0.1) is 0 Å². The van der Waals surface area contributed by atoms with Crippen LogP contribution in [0.1, 0.15) is 11.1 Å². The third-order valence-electron chi connectivity index (χ3n) is 3.89. The Morgan fingerprint density at radius 1 is 0.920 bits per heavy atom. The van der Waals surface area contributed by atoms with Crippen molar-refractivity contribution in [3.05, 3.63) is 78.4 Å². The van der Waals surface area contributed by atoms with Crippen molar-refractivity contribution in [3.8, 4) is 0 Å². The third kappa shape index (κ3) is 4.15. The molecule has 0 radical (unpaired) electrons. The van der Waals surface area contributed by atoms with Crippen LogP contribution in [0.2, 0.25) is 0 Å². The third-order valence-corrected chi connectivity index (χ3v) is 5.68. The number of benzene rings is 2. The van der Waals surface area contributed by atoms with Gasteiger partial charge in [0, 0.05) is 25.5 Å². The Hall–Kier alpha value is -2.44. The lowest BCUT2D eigenvalue weighted by atomic mass is 10.2. The Labute approximate surface area is 148 Å². The van der Waals surface area contributed by atoms with Crippen molar-refractivity contribution in [1.82, 2.24) is 14.5 Å². The molecule has 0 amide bonds. The van der Waals surface area contributed by atoms with E-state index in [-0.39, 0.29) is 0 Å². The highest BCUT2D eigenvalue weighted by Gasteiger charge is 2.17. The van der Waals surface area contributed by atoms with E-state index in [4.69, 9.17) is 0 Å². The van der Waals surface area contributed by atoms with Crippen LogP contribution in [0.25, 0.3) is 0 Å². The van der Waals surface area contributed by atoms with Crippen molar-refractivity contribution in [2.75, 3.05) is 14.1 Å². The minimum absolute atomic E-state index is 0.308. The van der Waals surface area contributed by atoms with E-state index in [0.29, 0.717) is 16.3 Å². The molecule has 1 aromatic heterocycles. The van der Waals surface area contributed by atoms with Gasteiger partial charge in [-0.25, -0.2) is 13.4 Å². The number of aromatic nitrogens is 2. The van der Waals surface area contributed by atoms with E-state index in [9.17, 15) is 8.42 Å². The lowest BCUT2D eigenvalue weighted by Gasteiger charge is -2.11.